The maximum Gasteiger partial charge on any atom is 0.159 e. The Bertz CT molecular complexity index is 597. The summed E-state index contributed by atoms with van der Waals surface area (Å²) >= 11 is 0. The number of nitrogens with two attached hydrogens (primary N) is 1. The van der Waals surface area contributed by atoms with Gasteiger partial charge in [-0.05, 0) is 32.4 Å². The second-order valence-corrected chi connectivity index (χ2v) is 4.25. The summed E-state index contributed by atoms with van der Waals surface area (Å²) in [6, 6.07) is 7.35. The van der Waals surface area contributed by atoms with E-state index in [0.717, 1.165) is 16.8 Å². The van der Waals surface area contributed by atoms with Crippen molar-refractivity contribution in [3.8, 4) is 11.1 Å². The molecule has 1 aromatic heterocycles. The smallest absolute Gasteiger partial charge is 0.159 e. The molecular formula is C14H15N3O. The number of rotatable bonds is 2. The predicted octanol–water partition coefficient (Wildman–Crippen LogP) is 2.55. The molecule has 0 spiro atoms. The second kappa shape index (κ2) is 4.56. The number of carbonyl (C=O) groups excluding carboxylic acids is 1. The maximum atomic E-state index is 11.4. The minimum Gasteiger partial charge on any atom is -0.383 e. The van der Waals surface area contributed by atoms with Gasteiger partial charge in [0.2, 0.25) is 0 Å². The number of hydrogen-bond donors (Lipinski definition) is 1. The lowest BCUT2D eigenvalue weighted by Gasteiger charge is -2.10. The number of anilines is 1. The van der Waals surface area contributed by atoms with E-state index in [-0.39, 0.29) is 5.78 Å². The Morgan fingerprint density at radius 1 is 1.22 bits per heavy atom. The molecule has 2 aromatic rings. The van der Waals surface area contributed by atoms with E-state index in [1.165, 1.54) is 0 Å². The third-order valence-electron chi connectivity index (χ3n) is 2.79. The van der Waals surface area contributed by atoms with Crippen molar-refractivity contribution in [3.05, 3.63) is 41.3 Å². The van der Waals surface area contributed by atoms with Crippen molar-refractivity contribution in [2.75, 3.05) is 5.73 Å². The van der Waals surface area contributed by atoms with E-state index in [9.17, 15) is 4.79 Å². The Labute approximate surface area is 106 Å². The summed E-state index contributed by atoms with van der Waals surface area (Å²) in [4.78, 5) is 19.9. The zero-order chi connectivity index (χ0) is 13.3. The van der Waals surface area contributed by atoms with Crippen molar-refractivity contribution in [2.24, 2.45) is 0 Å². The molecule has 0 aliphatic heterocycles. The van der Waals surface area contributed by atoms with E-state index in [2.05, 4.69) is 9.97 Å². The summed E-state index contributed by atoms with van der Waals surface area (Å²) in [7, 11) is 0. The number of aryl methyl sites for hydroxylation is 2. The van der Waals surface area contributed by atoms with E-state index in [0.29, 0.717) is 17.2 Å². The largest absolute Gasteiger partial charge is 0.383 e. The molecule has 0 atom stereocenters. The average Bonchev–Trinajstić information content (AvgIpc) is 2.28. The van der Waals surface area contributed by atoms with E-state index < -0.39 is 0 Å². The lowest BCUT2D eigenvalue weighted by atomic mass is 10.0. The lowest BCUT2D eigenvalue weighted by molar-refractivity contribution is 0.101. The minimum atomic E-state index is 0.0288. The van der Waals surface area contributed by atoms with Crippen LogP contribution in [-0.4, -0.2) is 15.8 Å². The average molecular weight is 241 g/mol. The molecule has 0 amide bonds. The molecule has 0 fully saturated rings. The molecular weight excluding hydrogens is 226 g/mol. The van der Waals surface area contributed by atoms with Gasteiger partial charge in [-0.3, -0.25) is 4.79 Å². The number of nitrogen functional groups attached to an aromatic ring is 1. The third-order valence-corrected chi connectivity index (χ3v) is 2.79. The van der Waals surface area contributed by atoms with Crippen molar-refractivity contribution in [1.82, 2.24) is 9.97 Å². The van der Waals surface area contributed by atoms with Gasteiger partial charge in [0.15, 0.2) is 5.78 Å². The number of ketones is 1. The summed E-state index contributed by atoms with van der Waals surface area (Å²) in [5.41, 5.74) is 9.09. The van der Waals surface area contributed by atoms with Crippen LogP contribution < -0.4 is 5.73 Å². The molecule has 0 saturated heterocycles. The molecule has 0 bridgehead atoms. The number of hydrogen-bond acceptors (Lipinski definition) is 4. The highest BCUT2D eigenvalue weighted by Crippen LogP contribution is 2.27. The summed E-state index contributed by atoms with van der Waals surface area (Å²) in [5.74, 6) is 1.12. The molecule has 0 aliphatic carbocycles. The van der Waals surface area contributed by atoms with E-state index in [1.807, 2.05) is 25.1 Å². The Morgan fingerprint density at radius 3 is 2.56 bits per heavy atom. The zero-order valence-corrected chi connectivity index (χ0v) is 10.7. The fourth-order valence-corrected chi connectivity index (χ4v) is 1.99. The van der Waals surface area contributed by atoms with Crippen molar-refractivity contribution >= 4 is 11.6 Å². The molecule has 1 aromatic carbocycles. The standard InChI is InChI=1S/C14H15N3O/c1-8-13(14(15)17-10(3)16-8)12-6-4-5-11(7-12)9(2)18/h4-7H,1-3H3,(H2,15,16,17). The highest BCUT2D eigenvalue weighted by molar-refractivity contribution is 5.95. The number of benzene rings is 1. The molecule has 0 unspecified atom stereocenters. The van der Waals surface area contributed by atoms with Gasteiger partial charge in [0.25, 0.3) is 0 Å². The summed E-state index contributed by atoms with van der Waals surface area (Å²) in [6.07, 6.45) is 0. The van der Waals surface area contributed by atoms with Gasteiger partial charge in [-0.2, -0.15) is 0 Å². The normalized spacial score (nSPS) is 10.4. The molecule has 1 heterocycles. The van der Waals surface area contributed by atoms with Crippen molar-refractivity contribution < 1.29 is 4.79 Å². The fraction of sp³-hybridized carbons (Fsp3) is 0.214. The quantitative estimate of drug-likeness (QED) is 0.820. The van der Waals surface area contributed by atoms with Crippen LogP contribution in [0.4, 0.5) is 5.82 Å². The van der Waals surface area contributed by atoms with Crippen molar-refractivity contribution in [1.29, 1.82) is 0 Å². The molecule has 18 heavy (non-hydrogen) atoms. The summed E-state index contributed by atoms with van der Waals surface area (Å²) in [6.45, 7) is 5.24. The molecule has 4 heteroatoms. The topological polar surface area (TPSA) is 68.9 Å². The van der Waals surface area contributed by atoms with Crippen LogP contribution in [0.5, 0.6) is 0 Å². The van der Waals surface area contributed by atoms with Gasteiger partial charge >= 0.3 is 0 Å². The van der Waals surface area contributed by atoms with Crippen LogP contribution in [0.25, 0.3) is 11.1 Å². The van der Waals surface area contributed by atoms with E-state index in [4.69, 9.17) is 5.73 Å². The van der Waals surface area contributed by atoms with Gasteiger partial charge < -0.3 is 5.73 Å². The molecule has 0 saturated carbocycles. The van der Waals surface area contributed by atoms with Gasteiger partial charge in [0.05, 0.1) is 5.69 Å². The molecule has 4 nitrogen and oxygen atoms in total. The van der Waals surface area contributed by atoms with Gasteiger partial charge in [-0.1, -0.05) is 18.2 Å². The number of nitrogens with zero attached hydrogens (tertiary/aromatic N) is 2. The monoisotopic (exact) mass is 241 g/mol. The van der Waals surface area contributed by atoms with Gasteiger partial charge in [0, 0.05) is 11.1 Å². The van der Waals surface area contributed by atoms with Crippen LogP contribution in [-0.2, 0) is 0 Å². The first-order valence-electron chi connectivity index (χ1n) is 5.71. The second-order valence-electron chi connectivity index (χ2n) is 4.25. The third kappa shape index (κ3) is 2.22. The Kier molecular flexibility index (Phi) is 3.10. The SMILES string of the molecule is CC(=O)c1cccc(-c2c(C)nc(C)nc2N)c1. The first kappa shape index (κ1) is 12.2. The van der Waals surface area contributed by atoms with Gasteiger partial charge in [0.1, 0.15) is 11.6 Å². The number of carbonyl (C=O) groups is 1. The first-order valence-corrected chi connectivity index (χ1v) is 5.71. The van der Waals surface area contributed by atoms with Gasteiger partial charge in [-0.25, -0.2) is 9.97 Å². The predicted molar refractivity (Wildman–Crippen MR) is 71.4 cm³/mol. The number of aromatic nitrogens is 2. The number of Topliss-reactive ketones (excluding diaryl/α,β-unsaturated/α-hetero) is 1. The summed E-state index contributed by atoms with van der Waals surface area (Å²) < 4.78 is 0. The highest BCUT2D eigenvalue weighted by atomic mass is 16.1. The van der Waals surface area contributed by atoms with Crippen LogP contribution in [0.2, 0.25) is 0 Å². The molecule has 0 radical (unpaired) electrons. The molecule has 92 valence electrons. The Hall–Kier alpha value is -2.23. The van der Waals surface area contributed by atoms with Crippen LogP contribution in [0.1, 0.15) is 28.8 Å². The molecule has 2 rings (SSSR count). The fourth-order valence-electron chi connectivity index (χ4n) is 1.99. The van der Waals surface area contributed by atoms with Crippen LogP contribution in [0.15, 0.2) is 24.3 Å². The summed E-state index contributed by atoms with van der Waals surface area (Å²) in [5, 5.41) is 0. The lowest BCUT2D eigenvalue weighted by Crippen LogP contribution is -2.02. The van der Waals surface area contributed by atoms with Crippen LogP contribution >= 0.6 is 0 Å². The zero-order valence-electron chi connectivity index (χ0n) is 10.7. The minimum absolute atomic E-state index is 0.0288. The Morgan fingerprint density at radius 2 is 1.94 bits per heavy atom. The van der Waals surface area contributed by atoms with Crippen molar-refractivity contribution in [2.45, 2.75) is 20.8 Å². The van der Waals surface area contributed by atoms with E-state index in [1.54, 1.807) is 19.9 Å². The molecule has 0 aliphatic rings. The Balaban J connectivity index is 2.62. The van der Waals surface area contributed by atoms with E-state index >= 15 is 0 Å². The molecule has 2 N–H and O–H groups in total. The maximum absolute atomic E-state index is 11.4. The van der Waals surface area contributed by atoms with Crippen LogP contribution in [0, 0.1) is 13.8 Å². The van der Waals surface area contributed by atoms with Crippen molar-refractivity contribution in [3.63, 3.8) is 0 Å². The first-order chi connectivity index (χ1) is 8.49. The highest BCUT2D eigenvalue weighted by Gasteiger charge is 2.11. The van der Waals surface area contributed by atoms with Gasteiger partial charge in [-0.15, -0.1) is 0 Å². The van der Waals surface area contributed by atoms with Crippen LogP contribution in [0.3, 0.4) is 0 Å².